The average Bonchev–Trinajstić information content (AvgIpc) is 3.14. The molecule has 1 saturated heterocycles. The number of aromatic nitrogens is 3. The molecule has 148 valence electrons. The number of hydrogen-bond acceptors (Lipinski definition) is 6. The van der Waals surface area contributed by atoms with E-state index in [1.807, 2.05) is 0 Å². The van der Waals surface area contributed by atoms with Gasteiger partial charge in [0.15, 0.2) is 0 Å². The summed E-state index contributed by atoms with van der Waals surface area (Å²) in [5, 5.41) is 17.5. The second-order valence-electron chi connectivity index (χ2n) is 6.56. The van der Waals surface area contributed by atoms with Crippen molar-refractivity contribution in [3.05, 3.63) is 75.8 Å². The third-order valence-electron chi connectivity index (χ3n) is 4.55. The molecule has 0 unspecified atom stereocenters. The standard InChI is InChI=1S/C20H17ClN4O4/c21-13-5-3-12(4-6-13)16-8-15(19(27)23-17-10-29-11-18(17)26)20(28)25(24-16)14-2-1-7-22-9-14/h1-9,17-18,26H,10-11H2,(H,23,27)/t17-,18-/m1/s1. The van der Waals surface area contributed by atoms with Crippen molar-refractivity contribution in [2.24, 2.45) is 0 Å². The van der Waals surface area contributed by atoms with Crippen LogP contribution in [0.15, 0.2) is 59.7 Å². The summed E-state index contributed by atoms with van der Waals surface area (Å²) in [5.74, 6) is -0.611. The third-order valence-corrected chi connectivity index (χ3v) is 4.81. The Hall–Kier alpha value is -3.07. The largest absolute Gasteiger partial charge is 0.388 e. The highest BCUT2D eigenvalue weighted by atomic mass is 35.5. The van der Waals surface area contributed by atoms with Crippen LogP contribution >= 0.6 is 11.6 Å². The van der Waals surface area contributed by atoms with Gasteiger partial charge in [-0.1, -0.05) is 23.7 Å². The number of halogens is 1. The minimum Gasteiger partial charge on any atom is -0.388 e. The fourth-order valence-electron chi connectivity index (χ4n) is 3.00. The minimum absolute atomic E-state index is 0.104. The average molecular weight is 413 g/mol. The lowest BCUT2D eigenvalue weighted by molar-refractivity contribution is 0.0884. The van der Waals surface area contributed by atoms with Gasteiger partial charge < -0.3 is 15.2 Å². The topological polar surface area (TPSA) is 106 Å². The molecule has 0 radical (unpaired) electrons. The van der Waals surface area contributed by atoms with E-state index >= 15 is 0 Å². The molecule has 8 nitrogen and oxygen atoms in total. The zero-order valence-electron chi connectivity index (χ0n) is 15.2. The van der Waals surface area contributed by atoms with Gasteiger partial charge in [-0.25, -0.2) is 0 Å². The molecule has 0 aliphatic carbocycles. The Labute approximate surface area is 170 Å². The number of hydrogen-bond donors (Lipinski definition) is 2. The molecule has 1 aliphatic heterocycles. The molecule has 1 aliphatic rings. The minimum atomic E-state index is -0.822. The van der Waals surface area contributed by atoms with Gasteiger partial charge in [0.1, 0.15) is 5.56 Å². The van der Waals surface area contributed by atoms with Crippen molar-refractivity contribution >= 4 is 17.5 Å². The number of ether oxygens (including phenoxy) is 1. The van der Waals surface area contributed by atoms with E-state index in [1.165, 1.54) is 12.3 Å². The second-order valence-corrected chi connectivity index (χ2v) is 7.00. The molecule has 2 aromatic heterocycles. The molecular weight excluding hydrogens is 396 g/mol. The molecule has 2 N–H and O–H groups in total. The first-order valence-electron chi connectivity index (χ1n) is 8.90. The molecule has 9 heteroatoms. The van der Waals surface area contributed by atoms with E-state index in [0.717, 1.165) is 4.68 Å². The zero-order valence-corrected chi connectivity index (χ0v) is 15.9. The van der Waals surface area contributed by atoms with E-state index in [2.05, 4.69) is 15.4 Å². The number of rotatable bonds is 4. The van der Waals surface area contributed by atoms with Crippen molar-refractivity contribution in [3.8, 4) is 16.9 Å². The van der Waals surface area contributed by atoms with Crippen LogP contribution in [0.25, 0.3) is 16.9 Å². The molecule has 0 bridgehead atoms. The van der Waals surface area contributed by atoms with Crippen molar-refractivity contribution in [2.45, 2.75) is 12.1 Å². The Morgan fingerprint density at radius 1 is 1.24 bits per heavy atom. The second kappa shape index (κ2) is 8.12. The summed E-state index contributed by atoms with van der Waals surface area (Å²) in [6, 6.07) is 11.1. The van der Waals surface area contributed by atoms with E-state index in [9.17, 15) is 14.7 Å². The first-order chi connectivity index (χ1) is 14.0. The Morgan fingerprint density at radius 3 is 2.69 bits per heavy atom. The van der Waals surface area contributed by atoms with Gasteiger partial charge in [0.25, 0.3) is 11.5 Å². The highest BCUT2D eigenvalue weighted by Gasteiger charge is 2.29. The van der Waals surface area contributed by atoms with Crippen molar-refractivity contribution in [1.82, 2.24) is 20.1 Å². The predicted molar refractivity (Wildman–Crippen MR) is 106 cm³/mol. The van der Waals surface area contributed by atoms with Gasteiger partial charge in [-0.2, -0.15) is 9.78 Å². The van der Waals surface area contributed by atoms with E-state index in [1.54, 1.807) is 42.6 Å². The van der Waals surface area contributed by atoms with Gasteiger partial charge in [-0.3, -0.25) is 14.6 Å². The summed E-state index contributed by atoms with van der Waals surface area (Å²) in [5.41, 5.74) is 0.824. The van der Waals surface area contributed by atoms with Gasteiger partial charge in [-0.15, -0.1) is 0 Å². The summed E-state index contributed by atoms with van der Waals surface area (Å²) in [6.07, 6.45) is 2.24. The van der Waals surface area contributed by atoms with Crippen LogP contribution in [-0.4, -0.2) is 51.1 Å². The van der Waals surface area contributed by atoms with Crippen LogP contribution in [0.2, 0.25) is 5.02 Å². The van der Waals surface area contributed by atoms with Crippen molar-refractivity contribution in [2.75, 3.05) is 13.2 Å². The maximum atomic E-state index is 13.0. The van der Waals surface area contributed by atoms with Gasteiger partial charge in [0, 0.05) is 16.8 Å². The number of carbonyl (C=O) groups is 1. The van der Waals surface area contributed by atoms with Crippen LogP contribution in [0.1, 0.15) is 10.4 Å². The first kappa shape index (κ1) is 19.3. The van der Waals surface area contributed by atoms with E-state index < -0.39 is 23.6 Å². The molecule has 1 fully saturated rings. The van der Waals surface area contributed by atoms with Crippen LogP contribution in [0, 0.1) is 0 Å². The maximum absolute atomic E-state index is 13.0. The molecule has 1 aromatic carbocycles. The molecule has 0 spiro atoms. The summed E-state index contributed by atoms with van der Waals surface area (Å²) >= 11 is 5.96. The van der Waals surface area contributed by atoms with Crippen LogP contribution in [-0.2, 0) is 4.74 Å². The fraction of sp³-hybridized carbons (Fsp3) is 0.200. The Morgan fingerprint density at radius 2 is 2.03 bits per heavy atom. The van der Waals surface area contributed by atoms with Crippen molar-refractivity contribution in [3.63, 3.8) is 0 Å². The quantitative estimate of drug-likeness (QED) is 0.671. The van der Waals surface area contributed by atoms with Gasteiger partial charge in [0.05, 0.1) is 42.9 Å². The first-order valence-corrected chi connectivity index (χ1v) is 9.28. The molecular formula is C20H17ClN4O4. The summed E-state index contributed by atoms with van der Waals surface area (Å²) in [4.78, 5) is 29.8. The zero-order chi connectivity index (χ0) is 20.4. The predicted octanol–water partition coefficient (Wildman–Crippen LogP) is 1.44. The fourth-order valence-corrected chi connectivity index (χ4v) is 3.13. The number of nitrogens with one attached hydrogen (secondary N) is 1. The molecule has 3 aromatic rings. The highest BCUT2D eigenvalue weighted by Crippen LogP contribution is 2.20. The molecule has 3 heterocycles. The number of nitrogens with zero attached hydrogens (tertiary/aromatic N) is 3. The molecule has 29 heavy (non-hydrogen) atoms. The summed E-state index contributed by atoms with van der Waals surface area (Å²) in [6.45, 7) is 0.316. The SMILES string of the molecule is O=C(N[C@@H]1COC[C@H]1O)c1cc(-c2ccc(Cl)cc2)nn(-c2cccnc2)c1=O. The van der Waals surface area contributed by atoms with E-state index in [4.69, 9.17) is 16.3 Å². The van der Waals surface area contributed by atoms with Gasteiger partial charge in [0.2, 0.25) is 0 Å². The van der Waals surface area contributed by atoms with Crippen molar-refractivity contribution in [1.29, 1.82) is 0 Å². The van der Waals surface area contributed by atoms with Gasteiger partial charge in [-0.05, 0) is 30.3 Å². The molecule has 4 rings (SSSR count). The lowest BCUT2D eigenvalue weighted by Crippen LogP contribution is -2.44. The van der Waals surface area contributed by atoms with Gasteiger partial charge >= 0.3 is 0 Å². The Bertz CT molecular complexity index is 1090. The van der Waals surface area contributed by atoms with E-state index in [0.29, 0.717) is 22.0 Å². The Balaban J connectivity index is 1.81. The number of amides is 1. The number of pyridine rings is 1. The number of aliphatic hydroxyl groups is 1. The van der Waals surface area contributed by atoms with Crippen LogP contribution < -0.4 is 10.9 Å². The smallest absolute Gasteiger partial charge is 0.284 e. The maximum Gasteiger partial charge on any atom is 0.284 e. The van der Waals surface area contributed by atoms with Crippen LogP contribution in [0.3, 0.4) is 0 Å². The lowest BCUT2D eigenvalue weighted by Gasteiger charge is -2.15. The van der Waals surface area contributed by atoms with Crippen LogP contribution in [0.5, 0.6) is 0 Å². The summed E-state index contributed by atoms with van der Waals surface area (Å²) in [7, 11) is 0. The monoisotopic (exact) mass is 412 g/mol. The Kier molecular flexibility index (Phi) is 5.39. The van der Waals surface area contributed by atoms with Crippen molar-refractivity contribution < 1.29 is 14.6 Å². The van der Waals surface area contributed by atoms with E-state index in [-0.39, 0.29) is 18.8 Å². The normalized spacial score (nSPS) is 18.6. The molecule has 1 amide bonds. The number of carbonyl (C=O) groups excluding carboxylic acids is 1. The summed E-state index contributed by atoms with van der Waals surface area (Å²) < 4.78 is 6.28. The number of benzene rings is 1. The lowest BCUT2D eigenvalue weighted by atomic mass is 10.1. The number of aliphatic hydroxyl groups excluding tert-OH is 1. The van der Waals surface area contributed by atoms with Crippen LogP contribution in [0.4, 0.5) is 0 Å². The third kappa shape index (κ3) is 4.04. The molecule has 2 atom stereocenters. The highest BCUT2D eigenvalue weighted by molar-refractivity contribution is 6.30. The molecule has 0 saturated carbocycles.